The second kappa shape index (κ2) is 7.58. The maximum Gasteiger partial charge on any atom is 0.433 e. The van der Waals surface area contributed by atoms with Crippen molar-refractivity contribution in [3.8, 4) is 5.75 Å². The Morgan fingerprint density at radius 2 is 1.89 bits per heavy atom. The Labute approximate surface area is 156 Å². The third-order valence-electron chi connectivity index (χ3n) is 4.54. The van der Waals surface area contributed by atoms with Crippen LogP contribution in [-0.4, -0.2) is 30.0 Å². The van der Waals surface area contributed by atoms with Gasteiger partial charge >= 0.3 is 6.18 Å². The van der Waals surface area contributed by atoms with Crippen LogP contribution in [0.5, 0.6) is 5.75 Å². The van der Waals surface area contributed by atoms with Crippen molar-refractivity contribution < 1.29 is 22.7 Å². The molecule has 2 aromatic rings. The molecule has 0 spiro atoms. The minimum absolute atomic E-state index is 0.0955. The van der Waals surface area contributed by atoms with Crippen LogP contribution in [-0.2, 0) is 11.0 Å². The maximum absolute atomic E-state index is 12.8. The number of rotatable bonds is 6. The van der Waals surface area contributed by atoms with Crippen LogP contribution in [0.15, 0.2) is 42.5 Å². The summed E-state index contributed by atoms with van der Waals surface area (Å²) >= 11 is 0. The summed E-state index contributed by atoms with van der Waals surface area (Å²) in [6.45, 7) is 4.55. The highest BCUT2D eigenvalue weighted by Crippen LogP contribution is 2.30. The second-order valence-electron chi connectivity index (χ2n) is 6.90. The van der Waals surface area contributed by atoms with E-state index >= 15 is 0 Å². The predicted octanol–water partition coefficient (Wildman–Crippen LogP) is 4.45. The maximum atomic E-state index is 12.8. The number of halogens is 3. The zero-order valence-corrected chi connectivity index (χ0v) is 15.2. The Bertz CT molecular complexity index is 800. The molecule has 0 unspecified atom stereocenters. The molecule has 144 valence electrons. The fourth-order valence-electron chi connectivity index (χ4n) is 3.07. The van der Waals surface area contributed by atoms with E-state index in [9.17, 15) is 18.0 Å². The summed E-state index contributed by atoms with van der Waals surface area (Å²) < 4.78 is 44.1. The molecular formula is C20H21F3N2O2. The lowest BCUT2D eigenvalue weighted by atomic mass is 9.96. The molecule has 1 saturated heterocycles. The van der Waals surface area contributed by atoms with Crippen molar-refractivity contribution >= 4 is 11.6 Å². The van der Waals surface area contributed by atoms with Gasteiger partial charge in [-0.2, -0.15) is 13.2 Å². The Morgan fingerprint density at radius 1 is 1.22 bits per heavy atom. The first kappa shape index (κ1) is 19.2. The van der Waals surface area contributed by atoms with Crippen LogP contribution in [0.3, 0.4) is 0 Å². The Morgan fingerprint density at radius 3 is 2.48 bits per heavy atom. The summed E-state index contributed by atoms with van der Waals surface area (Å²) in [6.07, 6.45) is -4.04. The van der Waals surface area contributed by atoms with E-state index in [0.717, 1.165) is 11.6 Å². The number of ether oxygens (including phenoxy) is 1. The highest BCUT2D eigenvalue weighted by molar-refractivity contribution is 5.76. The van der Waals surface area contributed by atoms with Crippen molar-refractivity contribution in [2.75, 3.05) is 18.0 Å². The predicted molar refractivity (Wildman–Crippen MR) is 96.0 cm³/mol. The molecule has 0 aliphatic carbocycles. The van der Waals surface area contributed by atoms with E-state index in [1.807, 2.05) is 31.2 Å². The number of pyridine rings is 1. The van der Waals surface area contributed by atoms with E-state index in [-0.39, 0.29) is 17.8 Å². The molecule has 0 radical (unpaired) electrons. The van der Waals surface area contributed by atoms with E-state index in [1.165, 1.54) is 6.07 Å². The third kappa shape index (κ3) is 4.78. The van der Waals surface area contributed by atoms with Gasteiger partial charge in [0.15, 0.2) is 0 Å². The molecule has 1 aliphatic heterocycles. The van der Waals surface area contributed by atoms with Gasteiger partial charge in [0.1, 0.15) is 29.1 Å². The van der Waals surface area contributed by atoms with Crippen molar-refractivity contribution in [3.05, 3.63) is 53.7 Å². The number of hydrogen-bond donors (Lipinski definition) is 0. The summed E-state index contributed by atoms with van der Waals surface area (Å²) in [7, 11) is 0. The number of hydrogen-bond acceptors (Lipinski definition) is 4. The van der Waals surface area contributed by atoms with Crippen molar-refractivity contribution in [1.82, 2.24) is 4.98 Å². The molecule has 0 N–H and O–H groups in total. The first-order valence-corrected chi connectivity index (χ1v) is 8.77. The third-order valence-corrected chi connectivity index (χ3v) is 4.54. The normalized spacial score (nSPS) is 16.0. The molecule has 3 rings (SSSR count). The van der Waals surface area contributed by atoms with Crippen LogP contribution >= 0.6 is 0 Å². The number of Topliss-reactive ketones (excluding diaryl/α,β-unsaturated/α-hetero) is 1. The Hall–Kier alpha value is -2.57. The molecule has 27 heavy (non-hydrogen) atoms. The van der Waals surface area contributed by atoms with Gasteiger partial charge in [-0.3, -0.25) is 0 Å². The van der Waals surface area contributed by atoms with Crippen LogP contribution in [0.1, 0.15) is 37.4 Å². The molecule has 0 amide bonds. The fraction of sp³-hybridized carbons (Fsp3) is 0.400. The molecular weight excluding hydrogens is 357 g/mol. The molecule has 0 saturated carbocycles. The first-order valence-electron chi connectivity index (χ1n) is 8.77. The van der Waals surface area contributed by atoms with E-state index in [4.69, 9.17) is 4.74 Å². The van der Waals surface area contributed by atoms with Gasteiger partial charge < -0.3 is 14.4 Å². The lowest BCUT2D eigenvalue weighted by Crippen LogP contribution is -2.54. The molecule has 7 heteroatoms. The molecule has 1 aromatic heterocycles. The summed E-state index contributed by atoms with van der Waals surface area (Å²) in [5.41, 5.74) is 0.181. The Kier molecular flexibility index (Phi) is 5.39. The van der Waals surface area contributed by atoms with Gasteiger partial charge in [0, 0.05) is 6.42 Å². The summed E-state index contributed by atoms with van der Waals surface area (Å²) in [4.78, 5) is 16.6. The zero-order valence-electron chi connectivity index (χ0n) is 15.2. The van der Waals surface area contributed by atoms with Crippen molar-refractivity contribution in [3.63, 3.8) is 0 Å². The number of nitrogens with zero attached hydrogens (tertiary/aromatic N) is 2. The quantitative estimate of drug-likeness (QED) is 0.745. The van der Waals surface area contributed by atoms with Gasteiger partial charge in [-0.05, 0) is 42.7 Å². The van der Waals surface area contributed by atoms with Gasteiger partial charge in [0.2, 0.25) is 0 Å². The molecule has 1 aromatic carbocycles. The number of ketones is 1. The smallest absolute Gasteiger partial charge is 0.433 e. The molecule has 0 bridgehead atoms. The number of carbonyl (C=O) groups excluding carboxylic acids is 1. The van der Waals surface area contributed by atoms with Gasteiger partial charge in [0.05, 0.1) is 13.1 Å². The van der Waals surface area contributed by atoms with Crippen LogP contribution in [0, 0.1) is 0 Å². The Balaban J connectivity index is 1.54. The lowest BCUT2D eigenvalue weighted by Gasteiger charge is -2.40. The topological polar surface area (TPSA) is 42.4 Å². The SMILES string of the molecule is CC(=O)C[C@@H](C)c1ccc(OC2CN(c3cccc(C(F)(F)F)n3)C2)cc1. The second-order valence-corrected chi connectivity index (χ2v) is 6.90. The number of anilines is 1. The summed E-state index contributed by atoms with van der Waals surface area (Å²) in [5, 5.41) is 0. The van der Waals surface area contributed by atoms with Crippen molar-refractivity contribution in [2.45, 2.75) is 38.5 Å². The molecule has 1 fully saturated rings. The standard InChI is InChI=1S/C20H21F3N2O2/c1-13(10-14(2)26)15-6-8-16(9-7-15)27-17-11-25(12-17)19-5-3-4-18(24-19)20(21,22)23/h3-9,13,17H,10-12H2,1-2H3/t13-/m1/s1. The fourth-order valence-corrected chi connectivity index (χ4v) is 3.07. The van der Waals surface area contributed by atoms with Crippen molar-refractivity contribution in [1.29, 1.82) is 0 Å². The van der Waals surface area contributed by atoms with E-state index in [1.54, 1.807) is 17.9 Å². The largest absolute Gasteiger partial charge is 0.487 e. The van der Waals surface area contributed by atoms with E-state index in [0.29, 0.717) is 31.1 Å². The minimum Gasteiger partial charge on any atom is -0.487 e. The highest BCUT2D eigenvalue weighted by Gasteiger charge is 2.35. The van der Waals surface area contributed by atoms with E-state index in [2.05, 4.69) is 4.98 Å². The molecule has 4 nitrogen and oxygen atoms in total. The molecule has 1 atom stereocenters. The highest BCUT2D eigenvalue weighted by atomic mass is 19.4. The summed E-state index contributed by atoms with van der Waals surface area (Å²) in [5.74, 6) is 1.32. The first-order chi connectivity index (χ1) is 12.7. The molecule has 2 heterocycles. The average Bonchev–Trinajstić information content (AvgIpc) is 2.57. The number of benzene rings is 1. The average molecular weight is 378 g/mol. The lowest BCUT2D eigenvalue weighted by molar-refractivity contribution is -0.141. The van der Waals surface area contributed by atoms with Crippen LogP contribution < -0.4 is 9.64 Å². The zero-order chi connectivity index (χ0) is 19.6. The number of aromatic nitrogens is 1. The van der Waals surface area contributed by atoms with Crippen molar-refractivity contribution in [2.24, 2.45) is 0 Å². The monoisotopic (exact) mass is 378 g/mol. The van der Waals surface area contributed by atoms with Crippen LogP contribution in [0.2, 0.25) is 0 Å². The van der Waals surface area contributed by atoms with Crippen LogP contribution in [0.25, 0.3) is 0 Å². The molecule has 1 aliphatic rings. The van der Waals surface area contributed by atoms with Gasteiger partial charge in [0.25, 0.3) is 0 Å². The number of alkyl halides is 3. The number of carbonyl (C=O) groups is 1. The van der Waals surface area contributed by atoms with E-state index < -0.39 is 11.9 Å². The van der Waals surface area contributed by atoms with Gasteiger partial charge in [-0.15, -0.1) is 0 Å². The minimum atomic E-state index is -4.45. The summed E-state index contributed by atoms with van der Waals surface area (Å²) in [6, 6.07) is 11.5. The van der Waals surface area contributed by atoms with Crippen LogP contribution in [0.4, 0.5) is 19.0 Å². The van der Waals surface area contributed by atoms with Gasteiger partial charge in [-0.25, -0.2) is 4.98 Å². The van der Waals surface area contributed by atoms with Gasteiger partial charge in [-0.1, -0.05) is 25.1 Å².